The minimum absolute atomic E-state index is 0.0154. The largest absolute Gasteiger partial charge is 0.495 e. The van der Waals surface area contributed by atoms with Crippen molar-refractivity contribution >= 4 is 76.1 Å². The Morgan fingerprint density at radius 1 is 0.900 bits per heavy atom. The van der Waals surface area contributed by atoms with E-state index in [9.17, 15) is 38.4 Å². The molecule has 10 rings (SSSR count). The SMILES string of the molecule is COc1cc(C(=O)N[C@H]2CCN(C(=O)CCC(=O)N3CC4(C3)CN(c3cccc5c3C(=O)N(C3CCC(=O)NC3=O)C5=O)C4)C2)c(F)cc1Nc1ncc2c(n1)N(C1CCCC1)CC(F)(F)C(=O)N2C. The molecule has 3 N–H and O–H groups in total. The monoisotopic (exact) mass is 969 g/mol. The van der Waals surface area contributed by atoms with Crippen molar-refractivity contribution in [3.63, 3.8) is 0 Å². The van der Waals surface area contributed by atoms with Crippen LogP contribution in [0.15, 0.2) is 36.5 Å². The maximum Gasteiger partial charge on any atom is 0.342 e. The molecule has 0 radical (unpaired) electrons. The van der Waals surface area contributed by atoms with Gasteiger partial charge in [0.2, 0.25) is 29.6 Å². The summed E-state index contributed by atoms with van der Waals surface area (Å²) in [5.74, 6) is -9.32. The molecule has 368 valence electrons. The van der Waals surface area contributed by atoms with Gasteiger partial charge in [0.25, 0.3) is 23.6 Å². The van der Waals surface area contributed by atoms with Crippen molar-refractivity contribution in [1.82, 2.24) is 35.3 Å². The lowest BCUT2D eigenvalue weighted by Gasteiger charge is -2.61. The summed E-state index contributed by atoms with van der Waals surface area (Å²) < 4.78 is 51.3. The lowest BCUT2D eigenvalue weighted by molar-refractivity contribution is -0.147. The Labute approximate surface area is 398 Å². The molecule has 0 bridgehead atoms. The van der Waals surface area contributed by atoms with E-state index >= 15 is 13.2 Å². The molecular formula is C47H50F3N11O9. The highest BCUT2D eigenvalue weighted by Gasteiger charge is 2.55. The van der Waals surface area contributed by atoms with Crippen molar-refractivity contribution in [3.05, 3.63) is 59.0 Å². The summed E-state index contributed by atoms with van der Waals surface area (Å²) in [6.07, 6.45) is 4.66. The van der Waals surface area contributed by atoms with E-state index in [0.29, 0.717) is 57.7 Å². The van der Waals surface area contributed by atoms with Crippen LogP contribution >= 0.6 is 0 Å². The van der Waals surface area contributed by atoms with Crippen LogP contribution in [0.4, 0.5) is 42.0 Å². The molecule has 7 aliphatic rings. The number of likely N-dealkylation sites (tertiary alicyclic amines) is 2. The Balaban J connectivity index is 0.701. The van der Waals surface area contributed by atoms with Gasteiger partial charge in [0, 0.05) is 89.1 Å². The summed E-state index contributed by atoms with van der Waals surface area (Å²) in [5, 5.41) is 7.87. The molecule has 1 unspecified atom stereocenters. The van der Waals surface area contributed by atoms with E-state index in [1.165, 1.54) is 31.3 Å². The highest BCUT2D eigenvalue weighted by Crippen LogP contribution is 2.45. The van der Waals surface area contributed by atoms with Crippen molar-refractivity contribution in [1.29, 1.82) is 0 Å². The number of carbonyl (C=O) groups excluding carboxylic acids is 8. The first kappa shape index (κ1) is 46.4. The second kappa shape index (κ2) is 17.6. The number of piperidine rings is 1. The molecule has 1 saturated carbocycles. The van der Waals surface area contributed by atoms with Gasteiger partial charge in [-0.05, 0) is 43.9 Å². The number of fused-ring (bicyclic) bond motifs is 2. The van der Waals surface area contributed by atoms with Crippen LogP contribution in [0.1, 0.15) is 88.9 Å². The van der Waals surface area contributed by atoms with Gasteiger partial charge >= 0.3 is 5.92 Å². The lowest BCUT2D eigenvalue weighted by Crippen LogP contribution is -2.73. The summed E-state index contributed by atoms with van der Waals surface area (Å²) in [7, 11) is 2.56. The third kappa shape index (κ3) is 8.16. The molecule has 5 fully saturated rings. The minimum atomic E-state index is -3.66. The van der Waals surface area contributed by atoms with Crippen LogP contribution in [0.2, 0.25) is 0 Å². The first-order valence-electron chi connectivity index (χ1n) is 23.3. The molecule has 2 aromatic carbocycles. The number of anilines is 5. The van der Waals surface area contributed by atoms with Gasteiger partial charge in [-0.3, -0.25) is 48.6 Å². The van der Waals surface area contributed by atoms with E-state index in [4.69, 9.17) is 4.74 Å². The van der Waals surface area contributed by atoms with Crippen LogP contribution in [0.3, 0.4) is 0 Å². The Bertz CT molecular complexity index is 2760. The van der Waals surface area contributed by atoms with E-state index in [2.05, 4.69) is 25.9 Å². The predicted molar refractivity (Wildman–Crippen MR) is 242 cm³/mol. The molecule has 6 aliphatic heterocycles. The number of imide groups is 2. The Kier molecular flexibility index (Phi) is 11.6. The molecule has 2 atom stereocenters. The first-order chi connectivity index (χ1) is 33.4. The third-order valence-corrected chi connectivity index (χ3v) is 14.6. The van der Waals surface area contributed by atoms with Crippen LogP contribution in [0.25, 0.3) is 0 Å². The Morgan fingerprint density at radius 2 is 1.63 bits per heavy atom. The summed E-state index contributed by atoms with van der Waals surface area (Å²) in [4.78, 5) is 121. The maximum atomic E-state index is 15.7. The standard InChI is InChI=1S/C47H50F3N11O9/c1-56-33-18-51-45(55-39(33)60(26-6-3-4-7-26)24-47(49,50)44(56)69)53-30-17-29(48)28(16-34(30)70-2)40(65)52-25-14-15-57(19-25)36(63)12-13-37(64)59-22-46(23-59)20-58(21-46)31-9-5-8-27-38(31)43(68)61(42(27)67)32-10-11-35(62)54-41(32)66/h5,8-9,16-18,25-26,32H,3-4,6-7,10-15,19-24H2,1-2H3,(H,52,65)(H,51,53,55)(H,54,62,66)/t25-,32?/m0/s1. The van der Waals surface area contributed by atoms with E-state index < -0.39 is 65.8 Å². The molecule has 20 nitrogen and oxygen atoms in total. The number of halogens is 3. The number of nitrogens with zero attached hydrogens (tertiary/aromatic N) is 8. The van der Waals surface area contributed by atoms with Crippen molar-refractivity contribution < 1.29 is 56.3 Å². The summed E-state index contributed by atoms with van der Waals surface area (Å²) in [5.41, 5.74) is 0.594. The average Bonchev–Trinajstić information content (AvgIpc) is 4.06. The number of ether oxygens (including phenoxy) is 1. The van der Waals surface area contributed by atoms with Gasteiger partial charge in [-0.15, -0.1) is 0 Å². The lowest BCUT2D eigenvalue weighted by atomic mass is 9.72. The molecule has 8 amide bonds. The van der Waals surface area contributed by atoms with Crippen LogP contribution in [-0.2, 0) is 24.0 Å². The smallest absolute Gasteiger partial charge is 0.342 e. The summed E-state index contributed by atoms with van der Waals surface area (Å²) in [6.45, 7) is 1.61. The first-order valence-corrected chi connectivity index (χ1v) is 23.3. The number of amides is 8. The number of methoxy groups -OCH3 is 1. The number of alkyl halides is 2. The number of benzene rings is 2. The van der Waals surface area contributed by atoms with E-state index in [-0.39, 0.29) is 101 Å². The molecule has 70 heavy (non-hydrogen) atoms. The zero-order chi connectivity index (χ0) is 49.4. The van der Waals surface area contributed by atoms with E-state index in [1.54, 1.807) is 28.0 Å². The number of carbonyl (C=O) groups is 8. The number of hydrogen-bond donors (Lipinski definition) is 3. The number of rotatable bonds is 11. The van der Waals surface area contributed by atoms with E-state index in [0.717, 1.165) is 28.7 Å². The fraction of sp³-hybridized carbons (Fsp3) is 0.489. The fourth-order valence-electron chi connectivity index (χ4n) is 11.0. The normalized spacial score (nSPS) is 22.7. The van der Waals surface area contributed by atoms with Crippen molar-refractivity contribution in [2.45, 2.75) is 81.8 Å². The molecule has 1 aromatic heterocycles. The Morgan fingerprint density at radius 3 is 2.34 bits per heavy atom. The second-order valence-corrected chi connectivity index (χ2v) is 19.2. The van der Waals surface area contributed by atoms with Crippen LogP contribution < -0.4 is 35.4 Å². The van der Waals surface area contributed by atoms with Crippen molar-refractivity contribution in [2.24, 2.45) is 5.41 Å². The number of hydrogen-bond acceptors (Lipinski definition) is 14. The minimum Gasteiger partial charge on any atom is -0.495 e. The van der Waals surface area contributed by atoms with Gasteiger partial charge < -0.3 is 39.9 Å². The van der Waals surface area contributed by atoms with Gasteiger partial charge in [-0.25, -0.2) is 9.37 Å². The van der Waals surface area contributed by atoms with Gasteiger partial charge in [0.05, 0.1) is 47.9 Å². The fourth-order valence-corrected chi connectivity index (χ4v) is 11.0. The third-order valence-electron chi connectivity index (χ3n) is 14.6. The topological polar surface area (TPSA) is 227 Å². The highest BCUT2D eigenvalue weighted by molar-refractivity contribution is 6.25. The van der Waals surface area contributed by atoms with Gasteiger partial charge in [0.1, 0.15) is 23.3 Å². The van der Waals surface area contributed by atoms with Crippen molar-refractivity contribution in [2.75, 3.05) is 80.0 Å². The molecule has 1 spiro atoms. The summed E-state index contributed by atoms with van der Waals surface area (Å²) in [6, 6.07) is 5.37. The number of aromatic nitrogens is 2. The average molecular weight is 970 g/mol. The van der Waals surface area contributed by atoms with E-state index in [1.807, 2.05) is 4.90 Å². The van der Waals surface area contributed by atoms with Crippen LogP contribution in [-0.4, -0.2) is 156 Å². The molecule has 4 saturated heterocycles. The number of nitrogens with one attached hydrogen (secondary N) is 3. The highest BCUT2D eigenvalue weighted by atomic mass is 19.3. The predicted octanol–water partition coefficient (Wildman–Crippen LogP) is 2.59. The van der Waals surface area contributed by atoms with Crippen molar-refractivity contribution in [3.8, 4) is 5.75 Å². The van der Waals surface area contributed by atoms with Crippen LogP contribution in [0, 0.1) is 11.2 Å². The Hall–Kier alpha value is -7.33. The zero-order valence-corrected chi connectivity index (χ0v) is 38.4. The maximum absolute atomic E-state index is 15.7. The molecule has 7 heterocycles. The quantitative estimate of drug-likeness (QED) is 0.235. The molecular weight excluding hydrogens is 920 g/mol. The van der Waals surface area contributed by atoms with Gasteiger partial charge in [0.15, 0.2) is 5.82 Å². The molecule has 3 aromatic rings. The molecule has 1 aliphatic carbocycles. The summed E-state index contributed by atoms with van der Waals surface area (Å²) >= 11 is 0. The van der Waals surface area contributed by atoms with Crippen LogP contribution in [0.5, 0.6) is 5.75 Å². The zero-order valence-electron chi connectivity index (χ0n) is 38.4. The molecule has 23 heteroatoms. The second-order valence-electron chi connectivity index (χ2n) is 19.2. The van der Waals surface area contributed by atoms with Gasteiger partial charge in [-0.1, -0.05) is 18.9 Å². The van der Waals surface area contributed by atoms with Gasteiger partial charge in [-0.2, -0.15) is 13.8 Å².